The number of ether oxygens (including phenoxy) is 2. The minimum atomic E-state index is -1.33. The predicted molar refractivity (Wildman–Crippen MR) is 101 cm³/mol. The lowest BCUT2D eigenvalue weighted by Crippen LogP contribution is -2.20. The Kier molecular flexibility index (Phi) is 4.98. The maximum atomic E-state index is 12.1. The summed E-state index contributed by atoms with van der Waals surface area (Å²) in [5, 5.41) is 10.7. The number of hydrogen-bond acceptors (Lipinski definition) is 5. The zero-order valence-electron chi connectivity index (χ0n) is 15.9. The summed E-state index contributed by atoms with van der Waals surface area (Å²) in [5.74, 6) is -0.650. The van der Waals surface area contributed by atoms with Crippen molar-refractivity contribution in [2.45, 2.75) is 51.7 Å². The van der Waals surface area contributed by atoms with E-state index in [0.29, 0.717) is 17.9 Å². The number of rotatable bonds is 3. The summed E-state index contributed by atoms with van der Waals surface area (Å²) in [6.45, 7) is 3.23. The zero-order chi connectivity index (χ0) is 19.0. The third-order valence-electron chi connectivity index (χ3n) is 5.67. The van der Waals surface area contributed by atoms with E-state index < -0.39 is 12.1 Å². The van der Waals surface area contributed by atoms with Crippen LogP contribution in [-0.2, 0) is 40.1 Å². The van der Waals surface area contributed by atoms with Gasteiger partial charge in [-0.3, -0.25) is 4.98 Å². The second-order valence-corrected chi connectivity index (χ2v) is 7.33. The number of nitrogens with zero attached hydrogens (tertiary/aromatic N) is 1. The van der Waals surface area contributed by atoms with Crippen LogP contribution in [0.5, 0.6) is 0 Å². The molecule has 0 radical (unpaired) electrons. The Morgan fingerprint density at radius 1 is 1.22 bits per heavy atom. The topological polar surface area (TPSA) is 68.7 Å². The molecule has 1 atom stereocenters. The van der Waals surface area contributed by atoms with Crippen LogP contribution >= 0.6 is 0 Å². The van der Waals surface area contributed by atoms with E-state index in [9.17, 15) is 9.90 Å². The van der Waals surface area contributed by atoms with Gasteiger partial charge < -0.3 is 14.6 Å². The Morgan fingerprint density at radius 2 is 2.04 bits per heavy atom. The minimum Gasteiger partial charge on any atom is -0.467 e. The van der Waals surface area contributed by atoms with E-state index in [1.54, 1.807) is 0 Å². The van der Waals surface area contributed by atoms with Crippen molar-refractivity contribution in [3.63, 3.8) is 0 Å². The van der Waals surface area contributed by atoms with E-state index in [1.807, 2.05) is 6.92 Å². The molecule has 1 N–H and O–H groups in total. The molecule has 0 spiro atoms. The molecule has 2 heterocycles. The Labute approximate surface area is 159 Å². The first-order chi connectivity index (χ1) is 13.1. The standard InChI is InChI=1S/C22H25NO4/c1-13-19(21(24)22(25)26-2)20(17-5-3-4-6-18(17)23-13)15-7-8-16-12-27-10-9-14(16)11-15/h7-8,11,21,24H,3-6,9-10,12H2,1-2H3. The number of carbonyl (C=O) groups excluding carboxylic acids is 1. The van der Waals surface area contributed by atoms with Crippen molar-refractivity contribution in [1.82, 2.24) is 4.98 Å². The van der Waals surface area contributed by atoms with Gasteiger partial charge in [0.2, 0.25) is 0 Å². The number of esters is 1. The molecule has 0 saturated heterocycles. The van der Waals surface area contributed by atoms with E-state index in [-0.39, 0.29) is 0 Å². The molecule has 2 aromatic rings. The number of aliphatic hydroxyl groups excluding tert-OH is 1. The number of aromatic nitrogens is 1. The number of aryl methyl sites for hydroxylation is 2. The first-order valence-corrected chi connectivity index (χ1v) is 9.58. The molecule has 4 rings (SSSR count). The number of benzene rings is 1. The van der Waals surface area contributed by atoms with Gasteiger partial charge in [-0.05, 0) is 66.8 Å². The fourth-order valence-electron chi connectivity index (χ4n) is 4.30. The quantitative estimate of drug-likeness (QED) is 0.844. The van der Waals surface area contributed by atoms with Crippen molar-refractivity contribution in [1.29, 1.82) is 0 Å². The van der Waals surface area contributed by atoms with E-state index >= 15 is 0 Å². The van der Waals surface area contributed by atoms with Crippen LogP contribution in [0.25, 0.3) is 11.1 Å². The summed E-state index contributed by atoms with van der Waals surface area (Å²) < 4.78 is 10.4. The highest BCUT2D eigenvalue weighted by Gasteiger charge is 2.29. The summed E-state index contributed by atoms with van der Waals surface area (Å²) >= 11 is 0. The summed E-state index contributed by atoms with van der Waals surface area (Å²) in [5.41, 5.74) is 8.02. The highest BCUT2D eigenvalue weighted by atomic mass is 16.5. The molecule has 27 heavy (non-hydrogen) atoms. The number of methoxy groups -OCH3 is 1. The van der Waals surface area contributed by atoms with E-state index in [0.717, 1.165) is 61.1 Å². The second kappa shape index (κ2) is 7.41. The molecule has 5 heteroatoms. The third-order valence-corrected chi connectivity index (χ3v) is 5.67. The summed E-state index contributed by atoms with van der Waals surface area (Å²) in [6, 6.07) is 6.36. The van der Waals surface area contributed by atoms with Gasteiger partial charge in [-0.2, -0.15) is 0 Å². The Balaban J connectivity index is 1.94. The van der Waals surface area contributed by atoms with Crippen LogP contribution in [0.1, 0.15) is 52.6 Å². The van der Waals surface area contributed by atoms with Gasteiger partial charge in [-0.1, -0.05) is 18.2 Å². The lowest BCUT2D eigenvalue weighted by molar-refractivity contribution is -0.150. The van der Waals surface area contributed by atoms with Gasteiger partial charge in [-0.15, -0.1) is 0 Å². The van der Waals surface area contributed by atoms with Crippen molar-refractivity contribution in [2.24, 2.45) is 0 Å². The van der Waals surface area contributed by atoms with Crippen molar-refractivity contribution < 1.29 is 19.4 Å². The number of carbonyl (C=O) groups is 1. The summed E-state index contributed by atoms with van der Waals surface area (Å²) in [4.78, 5) is 16.9. The molecule has 142 valence electrons. The molecule has 1 unspecified atom stereocenters. The van der Waals surface area contributed by atoms with E-state index in [2.05, 4.69) is 18.2 Å². The molecule has 1 aromatic carbocycles. The fraction of sp³-hybridized carbons (Fsp3) is 0.455. The fourth-order valence-corrected chi connectivity index (χ4v) is 4.30. The maximum absolute atomic E-state index is 12.1. The van der Waals surface area contributed by atoms with Gasteiger partial charge in [-0.25, -0.2) is 4.79 Å². The van der Waals surface area contributed by atoms with Crippen molar-refractivity contribution in [2.75, 3.05) is 13.7 Å². The highest BCUT2D eigenvalue weighted by molar-refractivity contribution is 5.83. The van der Waals surface area contributed by atoms with Crippen LogP contribution in [0.4, 0.5) is 0 Å². The molecule has 1 aliphatic carbocycles. The van der Waals surface area contributed by atoms with Crippen LogP contribution in [0.3, 0.4) is 0 Å². The molecule has 2 aliphatic rings. The average molecular weight is 367 g/mol. The molecule has 0 fully saturated rings. The lowest BCUT2D eigenvalue weighted by Gasteiger charge is -2.26. The smallest absolute Gasteiger partial charge is 0.339 e. The lowest BCUT2D eigenvalue weighted by atomic mass is 9.83. The van der Waals surface area contributed by atoms with E-state index in [4.69, 9.17) is 14.5 Å². The third kappa shape index (κ3) is 3.26. The van der Waals surface area contributed by atoms with Gasteiger partial charge in [0.25, 0.3) is 0 Å². The first kappa shape index (κ1) is 18.1. The molecule has 1 aliphatic heterocycles. The van der Waals surface area contributed by atoms with E-state index in [1.165, 1.54) is 18.2 Å². The van der Waals surface area contributed by atoms with Crippen LogP contribution in [0.15, 0.2) is 18.2 Å². The van der Waals surface area contributed by atoms with Crippen LogP contribution in [-0.4, -0.2) is 29.8 Å². The van der Waals surface area contributed by atoms with Crippen molar-refractivity contribution in [3.8, 4) is 11.1 Å². The number of fused-ring (bicyclic) bond motifs is 2. The molecule has 0 amide bonds. The molecule has 0 bridgehead atoms. The SMILES string of the molecule is COC(=O)C(O)c1c(C)nc2c(c1-c1ccc3c(c1)CCOC3)CCCC2. The minimum absolute atomic E-state index is 0.578. The van der Waals surface area contributed by atoms with Crippen molar-refractivity contribution >= 4 is 5.97 Å². The van der Waals surface area contributed by atoms with Gasteiger partial charge in [0.05, 0.1) is 20.3 Å². The largest absolute Gasteiger partial charge is 0.467 e. The van der Waals surface area contributed by atoms with Gasteiger partial charge >= 0.3 is 5.97 Å². The predicted octanol–water partition coefficient (Wildman–Crippen LogP) is 3.21. The average Bonchev–Trinajstić information content (AvgIpc) is 2.71. The summed E-state index contributed by atoms with van der Waals surface area (Å²) in [6.07, 6.45) is 3.63. The van der Waals surface area contributed by atoms with Crippen LogP contribution in [0, 0.1) is 6.92 Å². The number of aliphatic hydroxyl groups is 1. The van der Waals surface area contributed by atoms with Gasteiger partial charge in [0.1, 0.15) is 0 Å². The molecular weight excluding hydrogens is 342 g/mol. The number of hydrogen-bond donors (Lipinski definition) is 1. The molecule has 0 saturated carbocycles. The van der Waals surface area contributed by atoms with Crippen LogP contribution < -0.4 is 0 Å². The normalized spacial score (nSPS) is 17.0. The molecule has 1 aromatic heterocycles. The van der Waals surface area contributed by atoms with Gasteiger partial charge in [0, 0.05) is 17.0 Å². The van der Waals surface area contributed by atoms with Crippen LogP contribution in [0.2, 0.25) is 0 Å². The second-order valence-electron chi connectivity index (χ2n) is 7.33. The molecular formula is C22H25NO4. The summed E-state index contributed by atoms with van der Waals surface area (Å²) in [7, 11) is 1.30. The number of pyridine rings is 1. The monoisotopic (exact) mass is 367 g/mol. The Morgan fingerprint density at radius 3 is 2.85 bits per heavy atom. The first-order valence-electron chi connectivity index (χ1n) is 9.58. The van der Waals surface area contributed by atoms with Gasteiger partial charge in [0.15, 0.2) is 6.10 Å². The molecule has 5 nitrogen and oxygen atoms in total. The highest BCUT2D eigenvalue weighted by Crippen LogP contribution is 2.39. The zero-order valence-corrected chi connectivity index (χ0v) is 15.9. The van der Waals surface area contributed by atoms with Crippen molar-refractivity contribution in [3.05, 3.63) is 51.8 Å². The Bertz CT molecular complexity index is 890. The Hall–Kier alpha value is -2.24. The maximum Gasteiger partial charge on any atom is 0.339 e.